The van der Waals surface area contributed by atoms with Gasteiger partial charge in [0, 0.05) is 13.0 Å². The average molecular weight is 374 g/mol. The zero-order chi connectivity index (χ0) is 19.3. The van der Waals surface area contributed by atoms with Crippen molar-refractivity contribution in [1.29, 1.82) is 0 Å². The summed E-state index contributed by atoms with van der Waals surface area (Å²) >= 11 is 0. The summed E-state index contributed by atoms with van der Waals surface area (Å²) in [6.45, 7) is 6.63. The number of hydrogen-bond acceptors (Lipinski definition) is 4. The maximum absolute atomic E-state index is 12.2. The lowest BCUT2D eigenvalue weighted by molar-refractivity contribution is -0.148. The lowest BCUT2D eigenvalue weighted by Crippen LogP contribution is -2.63. The Morgan fingerprint density at radius 3 is 2.20 bits per heavy atom. The molecule has 0 bridgehead atoms. The van der Waals surface area contributed by atoms with Gasteiger partial charge in [-0.15, -0.1) is 0 Å². The van der Waals surface area contributed by atoms with Crippen LogP contribution >= 0.6 is 10.0 Å². The quantitative estimate of drug-likeness (QED) is 0.421. The molecule has 1 unspecified atom stereocenters. The SMILES string of the molecule is CCC(C)S(C)(C)CCCNC(=O)CC1(CC)C(=O)NC(=O)NC1=O. The van der Waals surface area contributed by atoms with Gasteiger partial charge in [0.1, 0.15) is 5.41 Å². The Morgan fingerprint density at radius 2 is 1.72 bits per heavy atom. The number of amides is 5. The highest BCUT2D eigenvalue weighted by molar-refractivity contribution is 8.33. The summed E-state index contributed by atoms with van der Waals surface area (Å²) in [5, 5.41) is 7.63. The first-order chi connectivity index (χ1) is 11.6. The summed E-state index contributed by atoms with van der Waals surface area (Å²) in [5.74, 6) is -0.697. The number of urea groups is 1. The summed E-state index contributed by atoms with van der Waals surface area (Å²) in [7, 11) is -0.693. The summed E-state index contributed by atoms with van der Waals surface area (Å²) < 4.78 is 0. The standard InChI is InChI=1S/C17H31N3O4S/c1-6-12(3)25(4,5)10-8-9-18-13(21)11-17(7-2)14(22)19-16(24)20-15(17)23/h12H,6-11H2,1-5H3,(H,18,21)(H2,19,20,22,23,24). The normalized spacial score (nSPS) is 19.0. The molecule has 0 aliphatic carbocycles. The lowest BCUT2D eigenvalue weighted by Gasteiger charge is -2.37. The Bertz CT molecular complexity index is 528. The summed E-state index contributed by atoms with van der Waals surface area (Å²) in [6.07, 6.45) is 6.53. The van der Waals surface area contributed by atoms with E-state index in [1.54, 1.807) is 6.92 Å². The lowest BCUT2D eigenvalue weighted by atomic mass is 9.78. The van der Waals surface area contributed by atoms with Gasteiger partial charge in [-0.1, -0.05) is 20.8 Å². The van der Waals surface area contributed by atoms with Gasteiger partial charge in [-0.2, -0.15) is 0 Å². The second kappa shape index (κ2) is 8.69. The Hall–Kier alpha value is -1.57. The van der Waals surface area contributed by atoms with Crippen molar-refractivity contribution in [2.75, 3.05) is 24.8 Å². The van der Waals surface area contributed by atoms with Crippen molar-refractivity contribution < 1.29 is 19.2 Å². The molecule has 144 valence electrons. The number of barbiturate groups is 1. The minimum absolute atomic E-state index is 0.149. The van der Waals surface area contributed by atoms with Crippen LogP contribution in [0.25, 0.3) is 0 Å². The van der Waals surface area contributed by atoms with Crippen LogP contribution in [0.15, 0.2) is 0 Å². The molecule has 0 spiro atoms. The zero-order valence-electron chi connectivity index (χ0n) is 15.9. The number of rotatable bonds is 9. The molecule has 1 heterocycles. The molecule has 0 radical (unpaired) electrons. The molecule has 1 fully saturated rings. The van der Waals surface area contributed by atoms with E-state index in [-0.39, 0.29) is 18.7 Å². The second-order valence-electron chi connectivity index (χ2n) is 7.10. The van der Waals surface area contributed by atoms with Crippen LogP contribution in [0.2, 0.25) is 0 Å². The second-order valence-corrected chi connectivity index (χ2v) is 11.6. The molecule has 1 aliphatic rings. The van der Waals surface area contributed by atoms with E-state index < -0.39 is 33.3 Å². The molecule has 3 N–H and O–H groups in total. The molecule has 8 heteroatoms. The van der Waals surface area contributed by atoms with Gasteiger partial charge >= 0.3 is 6.03 Å². The monoisotopic (exact) mass is 373 g/mol. The summed E-state index contributed by atoms with van der Waals surface area (Å²) in [6, 6.07) is -0.838. The Morgan fingerprint density at radius 1 is 1.16 bits per heavy atom. The van der Waals surface area contributed by atoms with E-state index in [2.05, 4.69) is 42.3 Å². The van der Waals surface area contributed by atoms with E-state index >= 15 is 0 Å². The molecule has 1 aliphatic heterocycles. The average Bonchev–Trinajstić information content (AvgIpc) is 2.54. The maximum Gasteiger partial charge on any atom is 0.328 e. The minimum atomic E-state index is -1.51. The van der Waals surface area contributed by atoms with Gasteiger partial charge in [0.2, 0.25) is 17.7 Å². The van der Waals surface area contributed by atoms with Gasteiger partial charge in [0.05, 0.1) is 0 Å². The molecule has 1 saturated heterocycles. The highest BCUT2D eigenvalue weighted by Gasteiger charge is 2.50. The Labute approximate surface area is 151 Å². The first-order valence-electron chi connectivity index (χ1n) is 8.72. The molecule has 0 aromatic heterocycles. The van der Waals surface area contributed by atoms with Crippen LogP contribution in [-0.4, -0.2) is 53.8 Å². The smallest absolute Gasteiger partial charge is 0.328 e. The Balaban J connectivity index is 2.54. The van der Waals surface area contributed by atoms with Crippen LogP contribution in [0.3, 0.4) is 0 Å². The van der Waals surface area contributed by atoms with E-state index in [9.17, 15) is 19.2 Å². The number of nitrogens with one attached hydrogen (secondary N) is 3. The third-order valence-electron chi connectivity index (χ3n) is 5.22. The number of hydrogen-bond donors (Lipinski definition) is 3. The van der Waals surface area contributed by atoms with Crippen molar-refractivity contribution in [3.8, 4) is 0 Å². The van der Waals surface area contributed by atoms with Crippen molar-refractivity contribution in [2.24, 2.45) is 5.41 Å². The molecule has 7 nitrogen and oxygen atoms in total. The highest BCUT2D eigenvalue weighted by atomic mass is 32.3. The minimum Gasteiger partial charge on any atom is -0.356 e. The van der Waals surface area contributed by atoms with Gasteiger partial charge in [-0.25, -0.2) is 14.8 Å². The van der Waals surface area contributed by atoms with Crippen molar-refractivity contribution in [1.82, 2.24) is 16.0 Å². The van der Waals surface area contributed by atoms with E-state index in [0.29, 0.717) is 11.8 Å². The van der Waals surface area contributed by atoms with Gasteiger partial charge in [-0.05, 0) is 42.8 Å². The number of imide groups is 2. The van der Waals surface area contributed by atoms with E-state index in [1.807, 2.05) is 0 Å². The van der Waals surface area contributed by atoms with Gasteiger partial charge in [-0.3, -0.25) is 25.0 Å². The van der Waals surface area contributed by atoms with Crippen molar-refractivity contribution >= 4 is 33.8 Å². The van der Waals surface area contributed by atoms with Gasteiger partial charge < -0.3 is 5.32 Å². The van der Waals surface area contributed by atoms with Crippen LogP contribution in [0, 0.1) is 5.41 Å². The van der Waals surface area contributed by atoms with Crippen LogP contribution in [0.1, 0.15) is 46.5 Å². The molecule has 0 aromatic rings. The van der Waals surface area contributed by atoms with Crippen LogP contribution < -0.4 is 16.0 Å². The van der Waals surface area contributed by atoms with Gasteiger partial charge in [0.15, 0.2) is 0 Å². The van der Waals surface area contributed by atoms with Crippen LogP contribution in [-0.2, 0) is 14.4 Å². The number of carbonyl (C=O) groups excluding carboxylic acids is 4. The molecule has 25 heavy (non-hydrogen) atoms. The maximum atomic E-state index is 12.2. The van der Waals surface area contributed by atoms with E-state index in [4.69, 9.17) is 0 Å². The predicted molar refractivity (Wildman–Crippen MR) is 101 cm³/mol. The molecule has 1 rings (SSSR count). The molecule has 5 amide bonds. The van der Waals surface area contributed by atoms with Crippen molar-refractivity contribution in [3.63, 3.8) is 0 Å². The molecular formula is C17H31N3O4S. The predicted octanol–water partition coefficient (Wildman–Crippen LogP) is 1.51. The van der Waals surface area contributed by atoms with Crippen LogP contribution in [0.4, 0.5) is 4.79 Å². The summed E-state index contributed by atoms with van der Waals surface area (Å²) in [5.41, 5.74) is -1.51. The van der Waals surface area contributed by atoms with E-state index in [1.165, 1.54) is 0 Å². The fraction of sp³-hybridized carbons (Fsp3) is 0.765. The summed E-state index contributed by atoms with van der Waals surface area (Å²) in [4.78, 5) is 47.6. The molecule has 0 aromatic carbocycles. The van der Waals surface area contributed by atoms with Crippen LogP contribution in [0.5, 0.6) is 0 Å². The van der Waals surface area contributed by atoms with E-state index in [0.717, 1.165) is 18.6 Å². The first kappa shape index (κ1) is 21.5. The molecule has 1 atom stereocenters. The number of carbonyl (C=O) groups is 4. The first-order valence-corrected chi connectivity index (χ1v) is 11.4. The topological polar surface area (TPSA) is 104 Å². The highest BCUT2D eigenvalue weighted by Crippen LogP contribution is 2.46. The fourth-order valence-corrected chi connectivity index (χ4v) is 5.04. The molecular weight excluding hydrogens is 342 g/mol. The van der Waals surface area contributed by atoms with Crippen molar-refractivity contribution in [2.45, 2.75) is 51.7 Å². The largest absolute Gasteiger partial charge is 0.356 e. The Kier molecular flexibility index (Phi) is 7.46. The third kappa shape index (κ3) is 5.20. The van der Waals surface area contributed by atoms with Gasteiger partial charge in [0.25, 0.3) is 0 Å². The third-order valence-corrected chi connectivity index (χ3v) is 9.08. The fourth-order valence-electron chi connectivity index (χ4n) is 2.85. The van der Waals surface area contributed by atoms with Crippen molar-refractivity contribution in [3.05, 3.63) is 0 Å². The zero-order valence-corrected chi connectivity index (χ0v) is 16.7. The molecule has 0 saturated carbocycles.